The van der Waals surface area contributed by atoms with E-state index >= 15 is 0 Å². The van der Waals surface area contributed by atoms with Crippen LogP contribution in [0, 0.1) is 5.82 Å². The van der Waals surface area contributed by atoms with E-state index in [-0.39, 0.29) is 27.9 Å². The van der Waals surface area contributed by atoms with E-state index in [2.05, 4.69) is 22.8 Å². The number of piperidine rings is 1. The molecule has 0 atom stereocenters. The summed E-state index contributed by atoms with van der Waals surface area (Å²) in [5.74, 6) is -0.348. The average molecular weight is 405 g/mol. The van der Waals surface area contributed by atoms with Gasteiger partial charge in [-0.2, -0.15) is 0 Å². The fraction of sp³-hybridized carbons (Fsp3) is 0.444. The molecule has 0 amide bonds. The van der Waals surface area contributed by atoms with Crippen LogP contribution in [0.3, 0.4) is 0 Å². The third-order valence-corrected chi connectivity index (χ3v) is 7.24. The Morgan fingerprint density at radius 1 is 1.07 bits per heavy atom. The zero-order valence-corrected chi connectivity index (χ0v) is 16.4. The van der Waals surface area contributed by atoms with Crippen molar-refractivity contribution in [2.24, 2.45) is 0 Å². The van der Waals surface area contributed by atoms with E-state index < -0.39 is 15.7 Å². The zero-order valence-electron chi connectivity index (χ0n) is 15.5. The number of ether oxygens (including phenoxy) is 2. The summed E-state index contributed by atoms with van der Waals surface area (Å²) in [5.41, 5.74) is 0. The first-order valence-electron chi connectivity index (χ1n) is 9.30. The standard InChI is InChI=1S/C18H21BFN3O4S/c19-23-7-5-12(6-8-23)26-17-10-18(22-11-21-17)27-16-4-3-14(9-15(16)20)28(24,25)13-1-2-13/h3-4,9-13H,1-2,5-8,19H2. The van der Waals surface area contributed by atoms with E-state index in [9.17, 15) is 12.8 Å². The van der Waals surface area contributed by atoms with Gasteiger partial charge in [-0.05, 0) is 57.0 Å². The first-order valence-corrected chi connectivity index (χ1v) is 10.8. The normalized spacial score (nSPS) is 18.8. The molecule has 1 saturated heterocycles. The second-order valence-electron chi connectivity index (χ2n) is 7.25. The summed E-state index contributed by atoms with van der Waals surface area (Å²) in [6.07, 6.45) is 4.43. The molecule has 1 aromatic carbocycles. The molecule has 28 heavy (non-hydrogen) atoms. The van der Waals surface area contributed by atoms with Crippen LogP contribution in [0.1, 0.15) is 25.7 Å². The van der Waals surface area contributed by atoms with Crippen molar-refractivity contribution in [2.75, 3.05) is 13.1 Å². The van der Waals surface area contributed by atoms with Crippen LogP contribution in [-0.4, -0.2) is 55.6 Å². The quantitative estimate of drug-likeness (QED) is 0.677. The molecule has 7 nitrogen and oxygen atoms in total. The van der Waals surface area contributed by atoms with E-state index in [1.807, 2.05) is 0 Å². The van der Waals surface area contributed by atoms with Crippen LogP contribution in [-0.2, 0) is 9.84 Å². The highest BCUT2D eigenvalue weighted by Gasteiger charge is 2.37. The van der Waals surface area contributed by atoms with Crippen LogP contribution in [0.5, 0.6) is 17.5 Å². The summed E-state index contributed by atoms with van der Waals surface area (Å²) in [6, 6.07) is 5.18. The van der Waals surface area contributed by atoms with Gasteiger partial charge in [0.05, 0.1) is 16.2 Å². The van der Waals surface area contributed by atoms with Crippen LogP contribution in [0.25, 0.3) is 0 Å². The largest absolute Gasteiger partial charge is 0.474 e. The molecule has 148 valence electrons. The zero-order chi connectivity index (χ0) is 19.7. The maximum Gasteiger partial charge on any atom is 0.226 e. The van der Waals surface area contributed by atoms with Crippen LogP contribution in [0.4, 0.5) is 4.39 Å². The summed E-state index contributed by atoms with van der Waals surface area (Å²) in [5, 5.41) is -0.389. The van der Waals surface area contributed by atoms with Crippen molar-refractivity contribution in [1.82, 2.24) is 14.8 Å². The van der Waals surface area contributed by atoms with Gasteiger partial charge in [0, 0.05) is 0 Å². The molecule has 1 saturated carbocycles. The first-order chi connectivity index (χ1) is 13.4. The molecule has 4 rings (SSSR count). The number of hydrogen-bond acceptors (Lipinski definition) is 7. The van der Waals surface area contributed by atoms with Crippen LogP contribution in [0.2, 0.25) is 0 Å². The highest BCUT2D eigenvalue weighted by atomic mass is 32.2. The number of halogens is 1. The Hall–Kier alpha value is -2.20. The molecule has 1 aromatic heterocycles. The SMILES string of the molecule is BN1CCC(Oc2cc(Oc3ccc(S(=O)(=O)C4CC4)cc3F)ncn2)CC1. The number of hydrogen-bond donors (Lipinski definition) is 0. The maximum atomic E-state index is 14.4. The predicted molar refractivity (Wildman–Crippen MR) is 102 cm³/mol. The highest BCUT2D eigenvalue weighted by Crippen LogP contribution is 2.35. The van der Waals surface area contributed by atoms with Gasteiger partial charge in [0.15, 0.2) is 29.4 Å². The molecule has 0 spiro atoms. The van der Waals surface area contributed by atoms with Gasteiger partial charge < -0.3 is 14.3 Å². The van der Waals surface area contributed by atoms with Gasteiger partial charge in [0.25, 0.3) is 0 Å². The molecule has 0 radical (unpaired) electrons. The second-order valence-corrected chi connectivity index (χ2v) is 9.48. The number of rotatable bonds is 6. The smallest absolute Gasteiger partial charge is 0.226 e. The number of sulfone groups is 1. The van der Waals surface area contributed by atoms with Crippen molar-refractivity contribution in [3.05, 3.63) is 36.4 Å². The molecule has 0 N–H and O–H groups in total. The summed E-state index contributed by atoms with van der Waals surface area (Å²) in [6.45, 7) is 1.92. The lowest BCUT2D eigenvalue weighted by Crippen LogP contribution is -2.36. The van der Waals surface area contributed by atoms with Crippen LogP contribution >= 0.6 is 0 Å². The lowest BCUT2D eigenvalue weighted by Gasteiger charge is -2.29. The van der Waals surface area contributed by atoms with Crippen molar-refractivity contribution < 1.29 is 22.3 Å². The molecule has 1 aliphatic carbocycles. The minimum Gasteiger partial charge on any atom is -0.474 e. The van der Waals surface area contributed by atoms with Crippen molar-refractivity contribution >= 4 is 17.8 Å². The van der Waals surface area contributed by atoms with E-state index in [4.69, 9.17) is 9.47 Å². The van der Waals surface area contributed by atoms with E-state index in [1.165, 1.54) is 24.5 Å². The summed E-state index contributed by atoms with van der Waals surface area (Å²) in [7, 11) is -1.38. The monoisotopic (exact) mass is 405 g/mol. The molecule has 0 unspecified atom stereocenters. The minimum absolute atomic E-state index is 0.0196. The van der Waals surface area contributed by atoms with Gasteiger partial charge >= 0.3 is 0 Å². The van der Waals surface area contributed by atoms with Crippen molar-refractivity contribution in [3.8, 4) is 17.5 Å². The molecular formula is C18H21BFN3O4S. The fourth-order valence-corrected chi connectivity index (χ4v) is 4.81. The van der Waals surface area contributed by atoms with Crippen molar-refractivity contribution in [3.63, 3.8) is 0 Å². The van der Waals surface area contributed by atoms with Gasteiger partial charge in [-0.15, -0.1) is 0 Å². The highest BCUT2D eigenvalue weighted by molar-refractivity contribution is 7.92. The van der Waals surface area contributed by atoms with E-state index in [1.54, 1.807) is 0 Å². The van der Waals surface area contributed by atoms with E-state index in [0.717, 1.165) is 32.0 Å². The molecular weight excluding hydrogens is 384 g/mol. The van der Waals surface area contributed by atoms with Crippen molar-refractivity contribution in [2.45, 2.75) is 41.9 Å². The van der Waals surface area contributed by atoms with Crippen molar-refractivity contribution in [1.29, 1.82) is 0 Å². The summed E-state index contributed by atoms with van der Waals surface area (Å²) in [4.78, 5) is 10.3. The first kappa shape index (κ1) is 19.1. The second kappa shape index (κ2) is 7.67. The molecule has 10 heteroatoms. The molecule has 2 fully saturated rings. The Labute approximate surface area is 164 Å². The Morgan fingerprint density at radius 2 is 1.79 bits per heavy atom. The van der Waals surface area contributed by atoms with E-state index in [0.29, 0.717) is 18.7 Å². The third-order valence-electron chi connectivity index (χ3n) is 4.98. The van der Waals surface area contributed by atoms with Gasteiger partial charge in [-0.25, -0.2) is 22.8 Å². The molecule has 2 aromatic rings. The minimum atomic E-state index is -3.45. The third kappa shape index (κ3) is 4.28. The lowest BCUT2D eigenvalue weighted by molar-refractivity contribution is 0.130. The maximum absolute atomic E-state index is 14.4. The molecule has 2 aliphatic rings. The topological polar surface area (TPSA) is 81.6 Å². The van der Waals surface area contributed by atoms with Gasteiger partial charge in [0.1, 0.15) is 12.4 Å². The Kier molecular flexibility index (Phi) is 5.24. The molecule has 2 heterocycles. The molecule has 0 bridgehead atoms. The van der Waals surface area contributed by atoms with Gasteiger partial charge in [-0.1, -0.05) is 0 Å². The lowest BCUT2D eigenvalue weighted by atomic mass is 10.1. The fourth-order valence-electron chi connectivity index (χ4n) is 3.14. The Morgan fingerprint density at radius 3 is 2.46 bits per heavy atom. The van der Waals surface area contributed by atoms with Gasteiger partial charge in [0.2, 0.25) is 11.8 Å². The average Bonchev–Trinajstić information content (AvgIpc) is 3.51. The Balaban J connectivity index is 1.45. The number of aromatic nitrogens is 2. The predicted octanol–water partition coefficient (Wildman–Crippen LogP) is 1.74. The van der Waals surface area contributed by atoms with Crippen LogP contribution < -0.4 is 9.47 Å². The van der Waals surface area contributed by atoms with Crippen LogP contribution in [0.15, 0.2) is 35.5 Å². The number of nitrogens with zero attached hydrogens (tertiary/aromatic N) is 3. The van der Waals surface area contributed by atoms with Gasteiger partial charge in [-0.3, -0.25) is 0 Å². The summed E-state index contributed by atoms with van der Waals surface area (Å²) < 4.78 is 50.2. The molecule has 1 aliphatic heterocycles. The Bertz CT molecular complexity index is 963. The number of benzene rings is 1. The summed E-state index contributed by atoms with van der Waals surface area (Å²) >= 11 is 0.